The van der Waals surface area contributed by atoms with Crippen molar-refractivity contribution in [1.29, 1.82) is 0 Å². The Bertz CT molecular complexity index is 320. The van der Waals surface area contributed by atoms with E-state index in [0.29, 0.717) is 0 Å². The molecule has 5 nitrogen and oxygen atoms in total. The summed E-state index contributed by atoms with van der Waals surface area (Å²) in [6, 6.07) is 0. The molecule has 21 heavy (non-hydrogen) atoms. The van der Waals surface area contributed by atoms with Crippen LogP contribution in [0.1, 0.15) is 45.4 Å². The van der Waals surface area contributed by atoms with E-state index in [1.165, 1.54) is 32.7 Å². The second-order valence-corrected chi connectivity index (χ2v) is 6.60. The molecule has 5 heteroatoms. The molecule has 0 bridgehead atoms. The number of carbonyl (C=O) groups is 1. The SMILES string of the molecule is CCN1CCN(CCCCNC(=O)C2(N)CCCC2)CC1. The minimum atomic E-state index is -0.573. The molecule has 0 aromatic rings. The van der Waals surface area contributed by atoms with E-state index in [1.807, 2.05) is 0 Å². The summed E-state index contributed by atoms with van der Waals surface area (Å²) in [5, 5.41) is 3.03. The van der Waals surface area contributed by atoms with Crippen molar-refractivity contribution in [1.82, 2.24) is 15.1 Å². The Morgan fingerprint density at radius 2 is 1.71 bits per heavy atom. The molecule has 2 fully saturated rings. The Morgan fingerprint density at radius 1 is 1.10 bits per heavy atom. The normalized spacial score (nSPS) is 23.3. The molecule has 2 aliphatic rings. The van der Waals surface area contributed by atoms with Gasteiger partial charge in [0, 0.05) is 32.7 Å². The lowest BCUT2D eigenvalue weighted by molar-refractivity contribution is -0.126. The molecular formula is C16H32N4O. The molecule has 0 atom stereocenters. The number of amides is 1. The third kappa shape index (κ3) is 4.94. The zero-order chi connectivity index (χ0) is 15.1. The van der Waals surface area contributed by atoms with E-state index in [9.17, 15) is 4.79 Å². The molecule has 0 spiro atoms. The minimum absolute atomic E-state index is 0.0663. The fraction of sp³-hybridized carbons (Fsp3) is 0.938. The smallest absolute Gasteiger partial charge is 0.240 e. The maximum Gasteiger partial charge on any atom is 0.240 e. The number of hydrogen-bond acceptors (Lipinski definition) is 4. The van der Waals surface area contributed by atoms with Crippen molar-refractivity contribution in [3.8, 4) is 0 Å². The number of nitrogens with one attached hydrogen (secondary N) is 1. The molecule has 1 saturated heterocycles. The molecule has 0 aromatic heterocycles. The zero-order valence-corrected chi connectivity index (χ0v) is 13.6. The van der Waals surface area contributed by atoms with Crippen molar-refractivity contribution in [2.24, 2.45) is 5.73 Å². The monoisotopic (exact) mass is 296 g/mol. The molecule has 1 aliphatic carbocycles. The third-order valence-electron chi connectivity index (χ3n) is 5.05. The quantitative estimate of drug-likeness (QED) is 0.682. The Balaban J connectivity index is 1.51. The average molecular weight is 296 g/mol. The van der Waals surface area contributed by atoms with Crippen LogP contribution in [0.5, 0.6) is 0 Å². The average Bonchev–Trinajstić information content (AvgIpc) is 2.95. The summed E-state index contributed by atoms with van der Waals surface area (Å²) in [6.45, 7) is 10.1. The van der Waals surface area contributed by atoms with Gasteiger partial charge in [-0.2, -0.15) is 0 Å². The number of rotatable bonds is 7. The highest BCUT2D eigenvalue weighted by Crippen LogP contribution is 2.27. The fourth-order valence-electron chi connectivity index (χ4n) is 3.40. The van der Waals surface area contributed by atoms with Crippen molar-refractivity contribution in [2.45, 2.75) is 51.0 Å². The second-order valence-electron chi connectivity index (χ2n) is 6.60. The Kier molecular flexibility index (Phi) is 6.45. The lowest BCUT2D eigenvalue weighted by Gasteiger charge is -2.34. The van der Waals surface area contributed by atoms with Crippen molar-refractivity contribution >= 4 is 5.91 Å². The number of piperazine rings is 1. The highest BCUT2D eigenvalue weighted by molar-refractivity contribution is 5.86. The van der Waals surface area contributed by atoms with Crippen LogP contribution < -0.4 is 11.1 Å². The number of nitrogens with zero attached hydrogens (tertiary/aromatic N) is 2. The van der Waals surface area contributed by atoms with Gasteiger partial charge in [0.2, 0.25) is 5.91 Å². The summed E-state index contributed by atoms with van der Waals surface area (Å²) in [4.78, 5) is 17.1. The van der Waals surface area contributed by atoms with Gasteiger partial charge in [-0.05, 0) is 38.8 Å². The molecule has 1 aliphatic heterocycles. The van der Waals surface area contributed by atoms with Gasteiger partial charge in [0.05, 0.1) is 5.54 Å². The standard InChI is InChI=1S/C16H32N4O/c1-2-19-11-13-20(14-12-19)10-6-5-9-18-15(21)16(17)7-3-4-8-16/h2-14,17H2,1H3,(H,18,21). The molecular weight excluding hydrogens is 264 g/mol. The van der Waals surface area contributed by atoms with Crippen LogP contribution >= 0.6 is 0 Å². The van der Waals surface area contributed by atoms with Crippen molar-refractivity contribution in [3.05, 3.63) is 0 Å². The molecule has 0 unspecified atom stereocenters. The molecule has 3 N–H and O–H groups in total. The highest BCUT2D eigenvalue weighted by atomic mass is 16.2. The van der Waals surface area contributed by atoms with Crippen molar-refractivity contribution in [3.63, 3.8) is 0 Å². The van der Waals surface area contributed by atoms with Crippen LogP contribution in [-0.4, -0.2) is 67.1 Å². The lowest BCUT2D eigenvalue weighted by atomic mass is 9.98. The molecule has 2 rings (SSSR count). The summed E-state index contributed by atoms with van der Waals surface area (Å²) < 4.78 is 0. The number of likely N-dealkylation sites (N-methyl/N-ethyl adjacent to an activating group) is 1. The topological polar surface area (TPSA) is 61.6 Å². The Hall–Kier alpha value is -0.650. The minimum Gasteiger partial charge on any atom is -0.355 e. The van der Waals surface area contributed by atoms with Crippen molar-refractivity contribution < 1.29 is 4.79 Å². The molecule has 1 heterocycles. The zero-order valence-electron chi connectivity index (χ0n) is 13.6. The van der Waals surface area contributed by atoms with Gasteiger partial charge in [0.25, 0.3) is 0 Å². The number of carbonyl (C=O) groups excluding carboxylic acids is 1. The molecule has 1 amide bonds. The Labute approximate surface area is 129 Å². The van der Waals surface area contributed by atoms with Gasteiger partial charge in [-0.15, -0.1) is 0 Å². The summed E-state index contributed by atoms with van der Waals surface area (Å²) in [7, 11) is 0. The van der Waals surface area contributed by atoms with Gasteiger partial charge in [-0.25, -0.2) is 0 Å². The third-order valence-corrected chi connectivity index (χ3v) is 5.05. The van der Waals surface area contributed by atoms with E-state index in [1.54, 1.807) is 0 Å². The summed E-state index contributed by atoms with van der Waals surface area (Å²) in [6.07, 6.45) is 6.09. The van der Waals surface area contributed by atoms with Crippen LogP contribution in [0.2, 0.25) is 0 Å². The van der Waals surface area contributed by atoms with Gasteiger partial charge >= 0.3 is 0 Å². The lowest BCUT2D eigenvalue weighted by Crippen LogP contribution is -2.52. The van der Waals surface area contributed by atoms with Crippen LogP contribution in [0, 0.1) is 0 Å². The van der Waals surface area contributed by atoms with Crippen LogP contribution in [0.4, 0.5) is 0 Å². The maximum atomic E-state index is 12.0. The second kappa shape index (κ2) is 8.11. The fourth-order valence-corrected chi connectivity index (χ4v) is 3.40. The first-order valence-electron chi connectivity index (χ1n) is 8.66. The van der Waals surface area contributed by atoms with Gasteiger partial charge in [-0.3, -0.25) is 4.79 Å². The van der Waals surface area contributed by atoms with E-state index in [2.05, 4.69) is 22.0 Å². The van der Waals surface area contributed by atoms with Crippen LogP contribution in [0.3, 0.4) is 0 Å². The molecule has 1 saturated carbocycles. The largest absolute Gasteiger partial charge is 0.355 e. The predicted octanol–water partition coefficient (Wildman–Crippen LogP) is 0.792. The van der Waals surface area contributed by atoms with E-state index in [-0.39, 0.29) is 5.91 Å². The van der Waals surface area contributed by atoms with E-state index < -0.39 is 5.54 Å². The number of unbranched alkanes of at least 4 members (excludes halogenated alkanes) is 1. The molecule has 0 radical (unpaired) electrons. The van der Waals surface area contributed by atoms with Gasteiger partial charge in [0.1, 0.15) is 0 Å². The van der Waals surface area contributed by atoms with Crippen LogP contribution in [0.25, 0.3) is 0 Å². The first-order valence-corrected chi connectivity index (χ1v) is 8.66. The Morgan fingerprint density at radius 3 is 2.33 bits per heavy atom. The number of nitrogens with two attached hydrogens (primary N) is 1. The highest BCUT2D eigenvalue weighted by Gasteiger charge is 2.36. The van der Waals surface area contributed by atoms with Gasteiger partial charge in [0.15, 0.2) is 0 Å². The van der Waals surface area contributed by atoms with Crippen LogP contribution in [0.15, 0.2) is 0 Å². The summed E-state index contributed by atoms with van der Waals surface area (Å²) in [5.74, 6) is 0.0663. The summed E-state index contributed by atoms with van der Waals surface area (Å²) >= 11 is 0. The molecule has 0 aromatic carbocycles. The first kappa shape index (κ1) is 16.7. The van der Waals surface area contributed by atoms with Gasteiger partial charge < -0.3 is 20.9 Å². The molecule has 122 valence electrons. The van der Waals surface area contributed by atoms with E-state index in [0.717, 1.165) is 51.6 Å². The van der Waals surface area contributed by atoms with Crippen molar-refractivity contribution in [2.75, 3.05) is 45.8 Å². The van der Waals surface area contributed by atoms with Gasteiger partial charge in [-0.1, -0.05) is 19.8 Å². The van der Waals surface area contributed by atoms with Crippen LogP contribution in [-0.2, 0) is 4.79 Å². The van der Waals surface area contributed by atoms with E-state index in [4.69, 9.17) is 5.73 Å². The maximum absolute atomic E-state index is 12.0. The van der Waals surface area contributed by atoms with E-state index >= 15 is 0 Å². The number of hydrogen-bond donors (Lipinski definition) is 2. The first-order chi connectivity index (χ1) is 10.1. The predicted molar refractivity (Wildman–Crippen MR) is 86.2 cm³/mol. The summed E-state index contributed by atoms with van der Waals surface area (Å²) in [5.41, 5.74) is 5.56.